The third-order valence-electron chi connectivity index (χ3n) is 7.63. The number of hydrogen-bond donors (Lipinski definition) is 9. The van der Waals surface area contributed by atoms with Crippen LogP contribution in [0.2, 0.25) is 0 Å². The Kier molecular flexibility index (Phi) is 15.9. The van der Waals surface area contributed by atoms with Crippen molar-refractivity contribution in [2.45, 2.75) is 94.1 Å². The number of aromatic nitrogens is 2. The fourth-order valence-electron chi connectivity index (χ4n) is 4.98. The average molecular weight is 710 g/mol. The first kappa shape index (κ1) is 39.6. The number of carbonyl (C=O) groups excluding carboxylic acids is 1. The third-order valence-corrected chi connectivity index (χ3v) is 8.62. The van der Waals surface area contributed by atoms with Crippen molar-refractivity contribution >= 4 is 36.1 Å². The molecule has 9 N–H and O–H groups in total. The fourth-order valence-corrected chi connectivity index (χ4v) is 5.96. The molecule has 20 nitrogen and oxygen atoms in total. The van der Waals surface area contributed by atoms with Crippen LogP contribution in [0.5, 0.6) is 0 Å². The van der Waals surface area contributed by atoms with Crippen LogP contribution in [-0.4, -0.2) is 132 Å². The Balaban J connectivity index is 1.27. The number of nitro benzene ring substituents is 1. The van der Waals surface area contributed by atoms with Crippen LogP contribution in [0, 0.1) is 10.1 Å². The number of carbonyl (C=O) groups is 1. The molecule has 0 radical (unpaired) electrons. The van der Waals surface area contributed by atoms with Crippen LogP contribution in [0.4, 0.5) is 11.4 Å². The Morgan fingerprint density at radius 3 is 2.31 bits per heavy atom. The second-order valence-corrected chi connectivity index (χ2v) is 12.7. The largest absolute Gasteiger partial charge is 0.472 e. The zero-order chi connectivity index (χ0) is 35.3. The summed E-state index contributed by atoms with van der Waals surface area (Å²) in [7, 11) is -4.95. The van der Waals surface area contributed by atoms with Crippen molar-refractivity contribution in [1.29, 1.82) is 0 Å². The number of rotatable bonds is 22. The molecule has 1 fully saturated rings. The van der Waals surface area contributed by atoms with Crippen molar-refractivity contribution in [3.63, 3.8) is 0 Å². The number of aliphatic hydroxyl groups is 6. The summed E-state index contributed by atoms with van der Waals surface area (Å²) >= 11 is 0. The smallest absolute Gasteiger partial charge is 0.394 e. The predicted octanol–water partition coefficient (Wildman–Crippen LogP) is -0.522. The van der Waals surface area contributed by atoms with E-state index < -0.39 is 68.7 Å². The van der Waals surface area contributed by atoms with E-state index in [-0.39, 0.29) is 29.2 Å². The molecule has 0 saturated heterocycles. The third kappa shape index (κ3) is 11.6. The van der Waals surface area contributed by atoms with Crippen molar-refractivity contribution in [2.24, 2.45) is 0 Å². The van der Waals surface area contributed by atoms with Crippen molar-refractivity contribution in [2.75, 3.05) is 38.2 Å². The van der Waals surface area contributed by atoms with Gasteiger partial charge in [-0.15, -0.1) is 0 Å². The molecule has 0 bridgehead atoms. The molecule has 1 aliphatic carbocycles. The summed E-state index contributed by atoms with van der Waals surface area (Å²) in [6.07, 6.45) is -7.14. The molecular formula is C27H44N5O15P. The van der Waals surface area contributed by atoms with E-state index >= 15 is 0 Å². The van der Waals surface area contributed by atoms with Gasteiger partial charge in [0, 0.05) is 32.2 Å². The minimum absolute atomic E-state index is 0.00268. The maximum Gasteiger partial charge on any atom is 0.472 e. The van der Waals surface area contributed by atoms with Gasteiger partial charge in [0.2, 0.25) is 11.4 Å². The van der Waals surface area contributed by atoms with E-state index in [0.717, 1.165) is 19.3 Å². The number of amides is 1. The predicted molar refractivity (Wildman–Crippen MR) is 164 cm³/mol. The topological polar surface area (TPSA) is 310 Å². The molecule has 1 aromatic heterocycles. The van der Waals surface area contributed by atoms with Gasteiger partial charge in [-0.2, -0.15) is 0 Å². The first-order chi connectivity index (χ1) is 22.9. The normalized spacial score (nSPS) is 24.6. The summed E-state index contributed by atoms with van der Waals surface area (Å²) in [5.74, 6) is -0.0790. The van der Waals surface area contributed by atoms with Gasteiger partial charge in [-0.3, -0.25) is 24.0 Å². The standard InChI is InChI=1S/C27H44N5O15P/c33-14-16(34)15-45-48(42,43)46-27-25(39)23(37)22(36)24(38)26(27)44-13-7-2-1-5-12-29-19(35)8-4-3-6-11-28-17-9-10-18(32(40)41)21-20(17)30-47-31-21/h9-10,16,22-28,33-34,36-39H,1-8,11-15H2,(H,29,35)(H,42,43)/t16-,22+,23+,24-,25-,26-,27+/m1/s1. The van der Waals surface area contributed by atoms with Crippen LogP contribution in [0.1, 0.15) is 51.4 Å². The van der Waals surface area contributed by atoms with E-state index in [1.165, 1.54) is 6.07 Å². The number of ether oxygens (including phenoxy) is 1. The summed E-state index contributed by atoms with van der Waals surface area (Å²) in [5, 5.41) is 83.4. The minimum Gasteiger partial charge on any atom is -0.394 e. The number of aliphatic hydroxyl groups excluding tert-OH is 6. The molecule has 1 heterocycles. The number of anilines is 1. The molecule has 0 spiro atoms. The van der Waals surface area contributed by atoms with Crippen LogP contribution in [0.3, 0.4) is 0 Å². The second-order valence-electron chi connectivity index (χ2n) is 11.3. The Morgan fingerprint density at radius 2 is 1.60 bits per heavy atom. The molecule has 0 aliphatic heterocycles. The zero-order valence-electron chi connectivity index (χ0n) is 26.1. The molecule has 1 unspecified atom stereocenters. The lowest BCUT2D eigenvalue weighted by atomic mass is 9.85. The van der Waals surface area contributed by atoms with Gasteiger partial charge in [0.1, 0.15) is 42.7 Å². The lowest BCUT2D eigenvalue weighted by Gasteiger charge is -2.43. The molecule has 1 aliphatic rings. The monoisotopic (exact) mass is 709 g/mol. The van der Waals surface area contributed by atoms with E-state index in [1.54, 1.807) is 6.07 Å². The molecule has 2 aromatic rings. The molecule has 1 amide bonds. The van der Waals surface area contributed by atoms with Crippen molar-refractivity contribution in [3.05, 3.63) is 22.2 Å². The molecule has 1 saturated carbocycles. The minimum atomic E-state index is -4.95. The van der Waals surface area contributed by atoms with E-state index in [1.807, 2.05) is 0 Å². The fraction of sp³-hybridized carbons (Fsp3) is 0.741. The molecule has 21 heteroatoms. The number of nitro groups is 1. The molecule has 1 aromatic carbocycles. The van der Waals surface area contributed by atoms with Crippen LogP contribution < -0.4 is 10.6 Å². The molecular weight excluding hydrogens is 665 g/mol. The lowest BCUT2D eigenvalue weighted by Crippen LogP contribution is -2.64. The molecule has 3 rings (SSSR count). The van der Waals surface area contributed by atoms with Crippen LogP contribution >= 0.6 is 7.82 Å². The van der Waals surface area contributed by atoms with Crippen LogP contribution in [0.25, 0.3) is 11.0 Å². The van der Waals surface area contributed by atoms with E-state index in [0.29, 0.717) is 50.9 Å². The van der Waals surface area contributed by atoms with Crippen LogP contribution in [0.15, 0.2) is 16.8 Å². The maximum atomic E-state index is 12.3. The van der Waals surface area contributed by atoms with Crippen molar-refractivity contribution in [3.8, 4) is 0 Å². The number of non-ortho nitro benzene ring substituents is 1. The SMILES string of the molecule is O=C(CCCCCNc1ccc([N+](=O)[O-])c2nonc12)NCCCCCCO[C@@H]1[C@H](O)[C@@H](O)[C@H](O)[C@@H](O)[C@@H]1OP(=O)(O)OC[C@H](O)CO. The van der Waals surface area contributed by atoms with E-state index in [2.05, 4.69) is 30.1 Å². The quantitative estimate of drug-likeness (QED) is 0.0321. The van der Waals surface area contributed by atoms with Crippen molar-refractivity contribution in [1.82, 2.24) is 15.6 Å². The summed E-state index contributed by atoms with van der Waals surface area (Å²) < 4.78 is 32.0. The van der Waals surface area contributed by atoms with Gasteiger partial charge in [-0.1, -0.05) is 19.3 Å². The van der Waals surface area contributed by atoms with Crippen LogP contribution in [-0.2, 0) is 23.1 Å². The highest BCUT2D eigenvalue weighted by Gasteiger charge is 2.52. The molecule has 8 atom stereocenters. The Labute approximate surface area is 274 Å². The zero-order valence-corrected chi connectivity index (χ0v) is 27.0. The Bertz CT molecular complexity index is 1350. The summed E-state index contributed by atoms with van der Waals surface area (Å²) in [4.78, 5) is 32.6. The van der Waals surface area contributed by atoms with Gasteiger partial charge in [0.05, 0.1) is 23.8 Å². The molecule has 272 valence electrons. The van der Waals surface area contributed by atoms with E-state index in [4.69, 9.17) is 14.4 Å². The Hall–Kier alpha value is -2.88. The summed E-state index contributed by atoms with van der Waals surface area (Å²) in [6.45, 7) is -0.494. The summed E-state index contributed by atoms with van der Waals surface area (Å²) in [5.41, 5.74) is 0.723. The highest BCUT2D eigenvalue weighted by Crippen LogP contribution is 2.47. The number of hydrogen-bond acceptors (Lipinski definition) is 17. The van der Waals surface area contributed by atoms with Crippen molar-refractivity contribution < 1.29 is 68.2 Å². The number of phosphoric acid groups is 1. The van der Waals surface area contributed by atoms with E-state index in [9.17, 15) is 49.9 Å². The number of nitrogens with zero attached hydrogens (tertiary/aromatic N) is 3. The first-order valence-corrected chi connectivity index (χ1v) is 17.0. The van der Waals surface area contributed by atoms with Gasteiger partial charge in [-0.25, -0.2) is 9.19 Å². The second kappa shape index (κ2) is 19.3. The number of nitrogens with one attached hydrogen (secondary N) is 2. The summed E-state index contributed by atoms with van der Waals surface area (Å²) in [6, 6.07) is 2.88. The van der Waals surface area contributed by atoms with Gasteiger partial charge >= 0.3 is 13.5 Å². The highest BCUT2D eigenvalue weighted by atomic mass is 31.2. The average Bonchev–Trinajstić information content (AvgIpc) is 3.55. The maximum absolute atomic E-state index is 12.3. The first-order valence-electron chi connectivity index (χ1n) is 15.5. The lowest BCUT2D eigenvalue weighted by molar-refractivity contribution is -0.383. The van der Waals surface area contributed by atoms with Gasteiger partial charge in [-0.05, 0) is 42.1 Å². The molecule has 48 heavy (non-hydrogen) atoms. The highest BCUT2D eigenvalue weighted by molar-refractivity contribution is 7.47. The van der Waals surface area contributed by atoms with Gasteiger partial charge in [0.15, 0.2) is 5.52 Å². The number of phosphoric ester groups is 1. The van der Waals surface area contributed by atoms with Gasteiger partial charge < -0.3 is 50.9 Å². The number of unbranched alkanes of at least 4 members (excludes halogenated alkanes) is 5. The Morgan fingerprint density at radius 1 is 0.958 bits per heavy atom. The van der Waals surface area contributed by atoms with Gasteiger partial charge in [0.25, 0.3) is 0 Å². The number of benzene rings is 1. The number of fused-ring (bicyclic) bond motifs is 1.